The normalized spacial score (nSPS) is 13.5. The first kappa shape index (κ1) is 18.5. The van der Waals surface area contributed by atoms with Crippen LogP contribution in [0.5, 0.6) is 0 Å². The van der Waals surface area contributed by atoms with E-state index in [9.17, 15) is 9.59 Å². The van der Waals surface area contributed by atoms with Crippen LogP contribution in [0.4, 0.5) is 11.4 Å². The van der Waals surface area contributed by atoms with Crippen LogP contribution in [0.2, 0.25) is 10.0 Å². The molecule has 0 unspecified atom stereocenters. The summed E-state index contributed by atoms with van der Waals surface area (Å²) in [5.74, 6) is -0.186. The molecule has 26 heavy (non-hydrogen) atoms. The van der Waals surface area contributed by atoms with E-state index in [1.807, 2.05) is 4.90 Å². The number of rotatable bonds is 5. The molecule has 0 radical (unpaired) electrons. The second-order valence-corrected chi connectivity index (χ2v) is 6.86. The van der Waals surface area contributed by atoms with Gasteiger partial charge >= 0.3 is 0 Å². The Bertz CT molecular complexity index is 803. The third-order valence-electron chi connectivity index (χ3n) is 4.20. The molecule has 0 aliphatic carbocycles. The lowest BCUT2D eigenvalue weighted by Gasteiger charge is -2.15. The average molecular weight is 392 g/mol. The second-order valence-electron chi connectivity index (χ2n) is 6.08. The Morgan fingerprint density at radius 1 is 1.00 bits per heavy atom. The molecule has 2 aromatic rings. The van der Waals surface area contributed by atoms with Crippen molar-refractivity contribution in [3.8, 4) is 0 Å². The Balaban J connectivity index is 1.53. The molecule has 0 bridgehead atoms. The summed E-state index contributed by atoms with van der Waals surface area (Å²) in [6, 6.07) is 12.2. The zero-order chi connectivity index (χ0) is 18.5. The monoisotopic (exact) mass is 391 g/mol. The van der Waals surface area contributed by atoms with Crippen molar-refractivity contribution in [1.82, 2.24) is 4.90 Å². The highest BCUT2D eigenvalue weighted by molar-refractivity contribution is 6.44. The van der Waals surface area contributed by atoms with Gasteiger partial charge in [0.15, 0.2) is 0 Å². The molecule has 136 valence electrons. The Morgan fingerprint density at radius 2 is 1.69 bits per heavy atom. The van der Waals surface area contributed by atoms with Crippen molar-refractivity contribution in [2.45, 2.75) is 12.8 Å². The van der Waals surface area contributed by atoms with Crippen molar-refractivity contribution in [2.75, 3.05) is 30.3 Å². The number of benzene rings is 2. The molecule has 0 saturated carbocycles. The Labute approximate surface area is 162 Å². The van der Waals surface area contributed by atoms with Crippen LogP contribution in [0.25, 0.3) is 0 Å². The molecular weight excluding hydrogens is 373 g/mol. The Kier molecular flexibility index (Phi) is 6.01. The van der Waals surface area contributed by atoms with Crippen LogP contribution in [-0.4, -0.2) is 36.3 Å². The van der Waals surface area contributed by atoms with Crippen molar-refractivity contribution in [2.24, 2.45) is 0 Å². The maximum absolute atomic E-state index is 12.3. The van der Waals surface area contributed by atoms with E-state index < -0.39 is 0 Å². The van der Waals surface area contributed by atoms with Gasteiger partial charge in [-0.05, 0) is 49.2 Å². The molecule has 1 fully saturated rings. The van der Waals surface area contributed by atoms with E-state index >= 15 is 0 Å². The largest absolute Gasteiger partial charge is 0.376 e. The minimum atomic E-state index is -0.244. The van der Waals surface area contributed by atoms with Crippen LogP contribution in [0.3, 0.4) is 0 Å². The molecule has 1 heterocycles. The lowest BCUT2D eigenvalue weighted by Crippen LogP contribution is -2.27. The van der Waals surface area contributed by atoms with Crippen LogP contribution in [0, 0.1) is 0 Å². The zero-order valence-corrected chi connectivity index (χ0v) is 15.6. The third-order valence-corrected chi connectivity index (χ3v) is 5.02. The fourth-order valence-electron chi connectivity index (χ4n) is 2.81. The van der Waals surface area contributed by atoms with E-state index in [-0.39, 0.29) is 18.4 Å². The molecule has 2 amide bonds. The number of amides is 2. The van der Waals surface area contributed by atoms with E-state index in [4.69, 9.17) is 23.2 Å². The van der Waals surface area contributed by atoms with E-state index in [0.717, 1.165) is 31.6 Å². The SMILES string of the molecule is O=C(CNc1ccc(C(=O)N2CCCC2)cc1)Nc1cccc(Cl)c1Cl. The Morgan fingerprint density at radius 3 is 2.38 bits per heavy atom. The predicted molar refractivity (Wildman–Crippen MR) is 105 cm³/mol. The molecule has 2 aromatic carbocycles. The summed E-state index contributed by atoms with van der Waals surface area (Å²) >= 11 is 12.0. The number of carbonyl (C=O) groups excluding carboxylic acids is 2. The van der Waals surface area contributed by atoms with Gasteiger partial charge in [-0.15, -0.1) is 0 Å². The highest BCUT2D eigenvalue weighted by Gasteiger charge is 2.19. The fourth-order valence-corrected chi connectivity index (χ4v) is 3.16. The standard InChI is InChI=1S/C19H19Cl2N3O2/c20-15-4-3-5-16(18(15)21)23-17(25)12-22-14-8-6-13(7-9-14)19(26)24-10-1-2-11-24/h3-9,22H,1-2,10-12H2,(H,23,25). The molecule has 1 saturated heterocycles. The first-order chi connectivity index (χ1) is 12.5. The number of nitrogens with zero attached hydrogens (tertiary/aromatic N) is 1. The fraction of sp³-hybridized carbons (Fsp3) is 0.263. The first-order valence-electron chi connectivity index (χ1n) is 8.41. The highest BCUT2D eigenvalue weighted by Crippen LogP contribution is 2.29. The number of hydrogen-bond donors (Lipinski definition) is 2. The summed E-state index contributed by atoms with van der Waals surface area (Å²) in [4.78, 5) is 26.2. The molecule has 5 nitrogen and oxygen atoms in total. The molecule has 0 aromatic heterocycles. The second kappa shape index (κ2) is 8.43. The van der Waals surface area contributed by atoms with E-state index in [2.05, 4.69) is 10.6 Å². The minimum absolute atomic E-state index is 0.0578. The number of halogens is 2. The number of carbonyl (C=O) groups is 2. The first-order valence-corrected chi connectivity index (χ1v) is 9.17. The van der Waals surface area contributed by atoms with E-state index in [1.54, 1.807) is 42.5 Å². The van der Waals surface area contributed by atoms with Gasteiger partial charge in [-0.25, -0.2) is 0 Å². The Hall–Kier alpha value is -2.24. The number of anilines is 2. The maximum Gasteiger partial charge on any atom is 0.253 e. The number of likely N-dealkylation sites (tertiary alicyclic amines) is 1. The summed E-state index contributed by atoms with van der Waals surface area (Å²) in [5.41, 5.74) is 1.89. The molecule has 0 atom stereocenters. The van der Waals surface area contributed by atoms with Gasteiger partial charge < -0.3 is 15.5 Å². The van der Waals surface area contributed by atoms with Gasteiger partial charge in [0.1, 0.15) is 0 Å². The molecule has 1 aliphatic rings. The van der Waals surface area contributed by atoms with Gasteiger partial charge in [0.2, 0.25) is 5.91 Å². The van der Waals surface area contributed by atoms with Crippen LogP contribution >= 0.6 is 23.2 Å². The lowest BCUT2D eigenvalue weighted by atomic mass is 10.2. The lowest BCUT2D eigenvalue weighted by molar-refractivity contribution is -0.114. The van der Waals surface area contributed by atoms with Gasteiger partial charge in [-0.1, -0.05) is 29.3 Å². The number of hydrogen-bond acceptors (Lipinski definition) is 3. The smallest absolute Gasteiger partial charge is 0.253 e. The summed E-state index contributed by atoms with van der Waals surface area (Å²) in [5, 5.41) is 6.43. The molecule has 0 spiro atoms. The van der Waals surface area contributed by atoms with Crippen molar-refractivity contribution >= 4 is 46.4 Å². The zero-order valence-electron chi connectivity index (χ0n) is 14.1. The molecule has 1 aliphatic heterocycles. The van der Waals surface area contributed by atoms with Gasteiger partial charge in [-0.3, -0.25) is 9.59 Å². The predicted octanol–water partition coefficient (Wildman–Crippen LogP) is 4.28. The highest BCUT2D eigenvalue weighted by atomic mass is 35.5. The molecule has 2 N–H and O–H groups in total. The maximum atomic E-state index is 12.3. The summed E-state index contributed by atoms with van der Waals surface area (Å²) in [7, 11) is 0. The van der Waals surface area contributed by atoms with Gasteiger partial charge in [0.25, 0.3) is 5.91 Å². The summed E-state index contributed by atoms with van der Waals surface area (Å²) < 4.78 is 0. The van der Waals surface area contributed by atoms with E-state index in [1.165, 1.54) is 0 Å². The van der Waals surface area contributed by atoms with E-state index in [0.29, 0.717) is 21.3 Å². The van der Waals surface area contributed by atoms with Gasteiger partial charge in [0, 0.05) is 24.3 Å². The van der Waals surface area contributed by atoms with Gasteiger partial charge in [0.05, 0.1) is 22.3 Å². The van der Waals surface area contributed by atoms with Crippen molar-refractivity contribution < 1.29 is 9.59 Å². The van der Waals surface area contributed by atoms with Crippen molar-refractivity contribution in [3.05, 3.63) is 58.1 Å². The number of nitrogens with one attached hydrogen (secondary N) is 2. The minimum Gasteiger partial charge on any atom is -0.376 e. The molecular formula is C19H19Cl2N3O2. The summed E-state index contributed by atoms with van der Waals surface area (Å²) in [6.45, 7) is 1.72. The topological polar surface area (TPSA) is 61.4 Å². The van der Waals surface area contributed by atoms with Crippen LogP contribution in [-0.2, 0) is 4.79 Å². The van der Waals surface area contributed by atoms with Crippen molar-refractivity contribution in [3.63, 3.8) is 0 Å². The van der Waals surface area contributed by atoms with Crippen molar-refractivity contribution in [1.29, 1.82) is 0 Å². The van der Waals surface area contributed by atoms with Crippen LogP contribution in [0.15, 0.2) is 42.5 Å². The van der Waals surface area contributed by atoms with Crippen LogP contribution < -0.4 is 10.6 Å². The summed E-state index contributed by atoms with van der Waals surface area (Å²) in [6.07, 6.45) is 2.13. The van der Waals surface area contributed by atoms with Crippen LogP contribution in [0.1, 0.15) is 23.2 Å². The van der Waals surface area contributed by atoms with Gasteiger partial charge in [-0.2, -0.15) is 0 Å². The quantitative estimate of drug-likeness (QED) is 0.799. The molecule has 3 rings (SSSR count). The molecule has 7 heteroatoms. The average Bonchev–Trinajstić information content (AvgIpc) is 3.18. The third kappa shape index (κ3) is 4.48.